The van der Waals surface area contributed by atoms with Crippen LogP contribution in [0, 0.1) is 5.92 Å². The number of hydrogen-bond donors (Lipinski definition) is 1. The number of anilines is 1. The molecular weight excluding hydrogens is 224 g/mol. The van der Waals surface area contributed by atoms with Crippen LogP contribution in [0.25, 0.3) is 0 Å². The minimum absolute atomic E-state index is 0.453. The first kappa shape index (κ1) is 11.6. The van der Waals surface area contributed by atoms with Crippen molar-refractivity contribution in [2.24, 2.45) is 5.92 Å². The van der Waals surface area contributed by atoms with Gasteiger partial charge in [0.05, 0.1) is 0 Å². The van der Waals surface area contributed by atoms with E-state index in [0.717, 1.165) is 31.4 Å². The molecule has 0 bridgehead atoms. The second-order valence-corrected chi connectivity index (χ2v) is 4.59. The highest BCUT2D eigenvalue weighted by Crippen LogP contribution is 2.21. The lowest BCUT2D eigenvalue weighted by atomic mass is 9.97. The van der Waals surface area contributed by atoms with Gasteiger partial charge in [0, 0.05) is 13.1 Å². The Morgan fingerprint density at radius 1 is 1.38 bits per heavy atom. The van der Waals surface area contributed by atoms with Crippen LogP contribution in [0.2, 0.25) is 5.15 Å². The van der Waals surface area contributed by atoms with Crippen molar-refractivity contribution in [1.29, 1.82) is 0 Å². The molecular formula is C11H17ClN4. The van der Waals surface area contributed by atoms with Gasteiger partial charge in [-0.25, -0.2) is 0 Å². The summed E-state index contributed by atoms with van der Waals surface area (Å²) in [5, 5.41) is 11.7. The molecule has 5 heteroatoms. The Kier molecular flexibility index (Phi) is 3.96. The van der Waals surface area contributed by atoms with Gasteiger partial charge in [-0.1, -0.05) is 11.6 Å². The molecule has 4 nitrogen and oxygen atoms in total. The van der Waals surface area contributed by atoms with Crippen molar-refractivity contribution in [1.82, 2.24) is 15.5 Å². The lowest BCUT2D eigenvalue weighted by molar-refractivity contribution is 0.392. The van der Waals surface area contributed by atoms with Crippen molar-refractivity contribution >= 4 is 17.4 Å². The topological polar surface area (TPSA) is 41.0 Å². The highest BCUT2D eigenvalue weighted by molar-refractivity contribution is 6.29. The first-order valence-corrected chi connectivity index (χ1v) is 6.06. The van der Waals surface area contributed by atoms with Crippen LogP contribution in [0.15, 0.2) is 12.1 Å². The molecule has 1 aromatic rings. The third-order valence-corrected chi connectivity index (χ3v) is 3.25. The molecule has 1 saturated heterocycles. The van der Waals surface area contributed by atoms with E-state index in [4.69, 9.17) is 11.6 Å². The first-order chi connectivity index (χ1) is 7.79. The molecule has 0 radical (unpaired) electrons. The van der Waals surface area contributed by atoms with Crippen molar-refractivity contribution in [3.8, 4) is 0 Å². The van der Waals surface area contributed by atoms with Crippen LogP contribution in [-0.2, 0) is 0 Å². The van der Waals surface area contributed by atoms with Gasteiger partial charge in [0.2, 0.25) is 0 Å². The second kappa shape index (κ2) is 5.46. The fourth-order valence-corrected chi connectivity index (χ4v) is 2.23. The molecule has 2 rings (SSSR count). The van der Waals surface area contributed by atoms with Crippen molar-refractivity contribution in [2.45, 2.75) is 12.8 Å². The Morgan fingerprint density at radius 3 is 2.69 bits per heavy atom. The Balaban J connectivity index is 1.91. The number of halogens is 1. The summed E-state index contributed by atoms with van der Waals surface area (Å²) in [6, 6.07) is 3.73. The van der Waals surface area contributed by atoms with Crippen LogP contribution in [0.5, 0.6) is 0 Å². The maximum atomic E-state index is 5.71. The van der Waals surface area contributed by atoms with E-state index in [1.54, 1.807) is 6.07 Å². The molecule has 0 unspecified atom stereocenters. The van der Waals surface area contributed by atoms with E-state index >= 15 is 0 Å². The molecule has 0 atom stereocenters. The number of rotatable bonds is 3. The molecule has 1 N–H and O–H groups in total. The summed E-state index contributed by atoms with van der Waals surface area (Å²) in [6.45, 7) is 3.23. The van der Waals surface area contributed by atoms with E-state index < -0.39 is 0 Å². The van der Waals surface area contributed by atoms with Crippen LogP contribution in [0.1, 0.15) is 12.8 Å². The number of aromatic nitrogens is 2. The molecule has 0 spiro atoms. The summed E-state index contributed by atoms with van der Waals surface area (Å²) >= 11 is 5.71. The fraction of sp³-hybridized carbons (Fsp3) is 0.636. The highest BCUT2D eigenvalue weighted by Gasteiger charge is 2.19. The number of hydrogen-bond acceptors (Lipinski definition) is 4. The van der Waals surface area contributed by atoms with E-state index in [9.17, 15) is 0 Å². The molecule has 1 aromatic heterocycles. The molecule has 88 valence electrons. The van der Waals surface area contributed by atoms with E-state index in [1.807, 2.05) is 13.1 Å². The van der Waals surface area contributed by atoms with Gasteiger partial charge in [0.1, 0.15) is 0 Å². The van der Waals surface area contributed by atoms with Crippen LogP contribution >= 0.6 is 11.6 Å². The summed E-state index contributed by atoms with van der Waals surface area (Å²) in [5.74, 6) is 1.73. The van der Waals surface area contributed by atoms with Gasteiger partial charge >= 0.3 is 0 Å². The predicted octanol–water partition coefficient (Wildman–Crippen LogP) is 1.57. The highest BCUT2D eigenvalue weighted by atomic mass is 35.5. The Morgan fingerprint density at radius 2 is 2.12 bits per heavy atom. The molecule has 0 amide bonds. The van der Waals surface area contributed by atoms with E-state index in [-0.39, 0.29) is 0 Å². The summed E-state index contributed by atoms with van der Waals surface area (Å²) in [4.78, 5) is 2.27. The van der Waals surface area contributed by atoms with Crippen molar-refractivity contribution in [3.63, 3.8) is 0 Å². The molecule has 1 fully saturated rings. The SMILES string of the molecule is CNCC1CCN(c2ccc(Cl)nn2)CC1. The monoisotopic (exact) mass is 240 g/mol. The molecule has 2 heterocycles. The Labute approximate surface area is 101 Å². The standard InChI is InChI=1S/C11H17ClN4/c1-13-8-9-4-6-16(7-5-9)11-3-2-10(12)14-15-11/h2-3,9,13H,4-8H2,1H3. The van der Waals surface area contributed by atoms with Crippen molar-refractivity contribution in [3.05, 3.63) is 17.3 Å². The van der Waals surface area contributed by atoms with E-state index in [1.165, 1.54) is 12.8 Å². The van der Waals surface area contributed by atoms with Crippen LogP contribution in [-0.4, -0.2) is 36.9 Å². The zero-order valence-corrected chi connectivity index (χ0v) is 10.2. The Hall–Kier alpha value is -0.870. The van der Waals surface area contributed by atoms with Crippen molar-refractivity contribution < 1.29 is 0 Å². The van der Waals surface area contributed by atoms with Gasteiger partial charge in [-0.3, -0.25) is 0 Å². The maximum Gasteiger partial charge on any atom is 0.151 e. The van der Waals surface area contributed by atoms with Gasteiger partial charge in [0.15, 0.2) is 11.0 Å². The number of nitrogens with one attached hydrogen (secondary N) is 1. The molecule has 1 aliphatic rings. The maximum absolute atomic E-state index is 5.71. The first-order valence-electron chi connectivity index (χ1n) is 5.68. The zero-order chi connectivity index (χ0) is 11.4. The van der Waals surface area contributed by atoms with E-state index in [0.29, 0.717) is 5.15 Å². The second-order valence-electron chi connectivity index (χ2n) is 4.20. The van der Waals surface area contributed by atoms with E-state index in [2.05, 4.69) is 20.4 Å². The van der Waals surface area contributed by atoms with Crippen LogP contribution in [0.4, 0.5) is 5.82 Å². The predicted molar refractivity (Wildman–Crippen MR) is 65.9 cm³/mol. The summed E-state index contributed by atoms with van der Waals surface area (Å²) < 4.78 is 0. The summed E-state index contributed by atoms with van der Waals surface area (Å²) in [5.41, 5.74) is 0. The molecule has 16 heavy (non-hydrogen) atoms. The average Bonchev–Trinajstić information content (AvgIpc) is 2.32. The van der Waals surface area contributed by atoms with Crippen LogP contribution in [0.3, 0.4) is 0 Å². The number of nitrogens with zero attached hydrogens (tertiary/aromatic N) is 3. The quantitative estimate of drug-likeness (QED) is 0.871. The minimum Gasteiger partial charge on any atom is -0.355 e. The fourth-order valence-electron chi connectivity index (χ4n) is 2.13. The number of piperidine rings is 1. The van der Waals surface area contributed by atoms with Crippen molar-refractivity contribution in [2.75, 3.05) is 31.6 Å². The zero-order valence-electron chi connectivity index (χ0n) is 9.49. The largest absolute Gasteiger partial charge is 0.355 e. The molecule has 0 aromatic carbocycles. The third kappa shape index (κ3) is 2.83. The lowest BCUT2D eigenvalue weighted by Gasteiger charge is -2.32. The summed E-state index contributed by atoms with van der Waals surface area (Å²) in [7, 11) is 2.01. The average molecular weight is 241 g/mol. The molecule has 1 aliphatic heterocycles. The summed E-state index contributed by atoms with van der Waals surface area (Å²) in [6.07, 6.45) is 2.43. The normalized spacial score (nSPS) is 17.8. The Bertz CT molecular complexity index is 319. The van der Waals surface area contributed by atoms with Gasteiger partial charge in [-0.05, 0) is 44.5 Å². The minimum atomic E-state index is 0.453. The molecule has 0 saturated carbocycles. The third-order valence-electron chi connectivity index (χ3n) is 3.05. The van der Waals surface area contributed by atoms with Gasteiger partial charge in [0.25, 0.3) is 0 Å². The molecule has 0 aliphatic carbocycles. The van der Waals surface area contributed by atoms with Gasteiger partial charge in [-0.15, -0.1) is 10.2 Å². The van der Waals surface area contributed by atoms with Gasteiger partial charge in [-0.2, -0.15) is 0 Å². The van der Waals surface area contributed by atoms with Gasteiger partial charge < -0.3 is 10.2 Å². The lowest BCUT2D eigenvalue weighted by Crippen LogP contribution is -2.37. The smallest absolute Gasteiger partial charge is 0.151 e. The van der Waals surface area contributed by atoms with Crippen LogP contribution < -0.4 is 10.2 Å².